The van der Waals surface area contributed by atoms with Gasteiger partial charge in [-0.05, 0) is 37.3 Å². The molecule has 72 heavy (non-hydrogen) atoms. The summed E-state index contributed by atoms with van der Waals surface area (Å²) in [6, 6.07) is 17.2. The molecule has 6 fully saturated rings. The molecule has 2 aromatic carbocycles. The summed E-state index contributed by atoms with van der Waals surface area (Å²) < 4.78 is 56.2. The lowest BCUT2D eigenvalue weighted by atomic mass is 9.82. The highest BCUT2D eigenvalue weighted by Gasteiger charge is 2.54. The van der Waals surface area contributed by atoms with Crippen LogP contribution in [0.2, 0.25) is 0 Å². The number of hydrogen-bond donors (Lipinski definition) is 12. The van der Waals surface area contributed by atoms with Crippen LogP contribution in [-0.4, -0.2) is 211 Å². The maximum Gasteiger partial charge on any atom is 0.189 e. The van der Waals surface area contributed by atoms with Crippen LogP contribution < -0.4 is 0 Å². The lowest BCUT2D eigenvalue weighted by Crippen LogP contribution is -2.65. The van der Waals surface area contributed by atoms with Gasteiger partial charge in [0.2, 0.25) is 0 Å². The van der Waals surface area contributed by atoms with Gasteiger partial charge in [0.1, 0.15) is 97.7 Å². The van der Waals surface area contributed by atoms with Crippen LogP contribution in [0.4, 0.5) is 0 Å². The van der Waals surface area contributed by atoms with Crippen LogP contribution in [0.15, 0.2) is 55.1 Å². The monoisotopic (exact) mass is 1050 g/mol. The molecule has 8 rings (SSSR count). The lowest BCUT2D eigenvalue weighted by molar-refractivity contribution is -0.399. The highest BCUT2D eigenvalue weighted by atomic mass is 31.0. The number of nitriles is 1. The van der Waals surface area contributed by atoms with E-state index in [-0.39, 0.29) is 36.5 Å². The Morgan fingerprint density at radius 2 is 0.972 bits per heavy atom. The van der Waals surface area contributed by atoms with E-state index in [1.54, 1.807) is 18.2 Å². The van der Waals surface area contributed by atoms with Crippen molar-refractivity contribution in [3.63, 3.8) is 0 Å². The van der Waals surface area contributed by atoms with Gasteiger partial charge in [0, 0.05) is 11.1 Å². The molecule has 0 aromatic heterocycles. The Kier molecular flexibility index (Phi) is 21.6. The minimum absolute atomic E-state index is 0. The van der Waals surface area contributed by atoms with E-state index in [0.717, 1.165) is 16.7 Å². The predicted octanol–water partition coefficient (Wildman–Crippen LogP) is -1.89. The Morgan fingerprint density at radius 3 is 1.35 bits per heavy atom. The van der Waals surface area contributed by atoms with E-state index < -0.39 is 154 Å². The average Bonchev–Trinajstić information content (AvgIpc) is 3.37. The first-order chi connectivity index (χ1) is 33.3. The summed E-state index contributed by atoms with van der Waals surface area (Å²) >= 11 is 0. The lowest BCUT2D eigenvalue weighted by Gasteiger charge is -2.48. The van der Waals surface area contributed by atoms with E-state index in [1.807, 2.05) is 50.2 Å². The quantitative estimate of drug-likeness (QED) is 0.103. The number of aliphatic hydroxyl groups is 12. The maximum atomic E-state index is 10.8. The molecule has 23 nitrogen and oxygen atoms in total. The zero-order valence-electron chi connectivity index (χ0n) is 39.3. The molecule has 0 bridgehead atoms. The van der Waals surface area contributed by atoms with Gasteiger partial charge in [0.15, 0.2) is 37.7 Å². The molecule has 0 saturated carbocycles. The minimum Gasteiger partial charge on any atom is -0.394 e. The Hall–Kier alpha value is -2.78. The molecule has 0 spiro atoms. The molecular weight excluding hydrogens is 973 g/mol. The Morgan fingerprint density at radius 1 is 0.597 bits per heavy atom. The maximum absolute atomic E-state index is 10.8. The average molecular weight is 1050 g/mol. The summed E-state index contributed by atoms with van der Waals surface area (Å²) in [4.78, 5) is 0. The Labute approximate surface area is 420 Å². The summed E-state index contributed by atoms with van der Waals surface area (Å²) in [5.74, 6) is 0.167. The van der Waals surface area contributed by atoms with Crippen molar-refractivity contribution in [3.05, 3.63) is 77.4 Å². The first kappa shape index (κ1) is 60.1. The third kappa shape index (κ3) is 13.2. The number of fused-ring (bicyclic) bond motifs is 2. The molecule has 24 heteroatoms. The first-order valence-corrected chi connectivity index (χ1v) is 23.0. The van der Waals surface area contributed by atoms with Crippen molar-refractivity contribution in [1.29, 1.82) is 5.26 Å². The molecule has 12 N–H and O–H groups in total. The van der Waals surface area contributed by atoms with Gasteiger partial charge in [-0.15, -0.1) is 0 Å². The van der Waals surface area contributed by atoms with Crippen LogP contribution in [-0.2, 0) is 47.4 Å². The van der Waals surface area contributed by atoms with E-state index in [1.165, 1.54) is 0 Å². The molecule has 406 valence electrons. The molecule has 0 radical (unpaired) electrons. The fraction of sp³-hybridized carbons (Fsp3) is 0.688. The second-order valence-corrected chi connectivity index (χ2v) is 18.9. The summed E-state index contributed by atoms with van der Waals surface area (Å²) in [5.41, 5.74) is 2.98. The summed E-state index contributed by atoms with van der Waals surface area (Å²) in [6.45, 7) is 8.32. The van der Waals surface area contributed by atoms with E-state index in [2.05, 4.69) is 19.6 Å². The summed E-state index contributed by atoms with van der Waals surface area (Å²) in [6.07, 6.45) is -26.9. The fourth-order valence-corrected chi connectivity index (χ4v) is 9.04. The number of hydrogen-bond acceptors (Lipinski definition) is 23. The topological polar surface area (TPSA) is 359 Å². The molecule has 0 amide bonds. The van der Waals surface area contributed by atoms with Crippen molar-refractivity contribution in [2.24, 2.45) is 5.41 Å². The third-order valence-electron chi connectivity index (χ3n) is 13.2. The number of ether oxygens (including phenoxy) is 10. The molecule has 6 saturated heterocycles. The van der Waals surface area contributed by atoms with Crippen molar-refractivity contribution in [2.75, 3.05) is 26.4 Å². The van der Waals surface area contributed by atoms with E-state index in [9.17, 15) is 66.5 Å². The van der Waals surface area contributed by atoms with Crippen LogP contribution >= 0.6 is 9.90 Å². The molecule has 0 aliphatic carbocycles. The smallest absolute Gasteiger partial charge is 0.189 e. The standard InChI is InChI=1S/C26H37NO11.C21H28O11.CH4.H3P/c1-12(8-26(2,3)11-27)13-4-6-14(7-5-13)23-34-10-16-22(37-23)19(31)21(33)25(36-16)38-24-20(32)18(30)17(29)15(9-28)35-24;1-2-9-3-5-10(6-4-9)19-28-8-12-18(31-19)15(25)17(27)21(30-12)32-20-16(26)14(24)13(23)11(7-22)29-20;;/h4-7,12,15-25,28-33H,8-10H2,1-3H3;2-6,11-27H,1,7-8H2;1H4;1H3/t12?,15-,16-,17-,18+,19-,20-,21-,22-,23?,24-,25-;11-,12-,13-,14+,15-,16-,17-,18-,19?,20-,21-;;/m11../s1. The van der Waals surface area contributed by atoms with Gasteiger partial charge in [0.25, 0.3) is 0 Å². The van der Waals surface area contributed by atoms with Crippen LogP contribution in [0, 0.1) is 16.7 Å². The molecule has 6 aliphatic heterocycles. The van der Waals surface area contributed by atoms with Gasteiger partial charge < -0.3 is 109 Å². The SMILES string of the molecule is C.C=Cc1ccc(C2OC[C@H]3O[C@H](O[C@H]4O[C@H](CO)[C@@H](O)[C@H](O)[C@H]4O)[C@H](O)[C@@H](O)[C@@H]3O2)cc1.CC(CC(C)(C)C#N)c1ccc(C2OC[C@H]3O[C@H](O[C@H]4O[C@H](CO)[C@@H](O)[C@H](O)[C@H]4O)[C@H](O)[C@@H](O)[C@@H]3O2)cc1.P. The summed E-state index contributed by atoms with van der Waals surface area (Å²) in [7, 11) is 0. The van der Waals surface area contributed by atoms with Crippen LogP contribution in [0.1, 0.15) is 75.4 Å². The van der Waals surface area contributed by atoms with Crippen molar-refractivity contribution < 1.29 is 109 Å². The van der Waals surface area contributed by atoms with Crippen molar-refractivity contribution in [3.8, 4) is 6.07 Å². The molecule has 4 unspecified atom stereocenters. The molecule has 24 atom stereocenters. The summed E-state index contributed by atoms with van der Waals surface area (Å²) in [5, 5.41) is 131. The fourth-order valence-electron chi connectivity index (χ4n) is 9.04. The van der Waals surface area contributed by atoms with E-state index in [4.69, 9.17) is 47.4 Å². The first-order valence-electron chi connectivity index (χ1n) is 23.0. The number of benzene rings is 2. The van der Waals surface area contributed by atoms with Gasteiger partial charge in [0.05, 0.1) is 37.9 Å². The number of nitrogens with zero attached hydrogens (tertiary/aromatic N) is 1. The minimum atomic E-state index is -1.70. The molecule has 6 aliphatic rings. The van der Waals surface area contributed by atoms with Gasteiger partial charge in [-0.25, -0.2) is 0 Å². The normalized spacial score (nSPS) is 41.3. The van der Waals surface area contributed by atoms with Crippen LogP contribution in [0.5, 0.6) is 0 Å². The number of rotatable bonds is 12. The predicted molar refractivity (Wildman–Crippen MR) is 251 cm³/mol. The highest BCUT2D eigenvalue weighted by Crippen LogP contribution is 2.39. The largest absolute Gasteiger partial charge is 0.394 e. The van der Waals surface area contributed by atoms with Crippen LogP contribution in [0.3, 0.4) is 0 Å². The Bertz CT molecular complexity index is 2030. The molecular formula is C48H72NO22P. The van der Waals surface area contributed by atoms with Crippen molar-refractivity contribution in [1.82, 2.24) is 0 Å². The van der Waals surface area contributed by atoms with E-state index >= 15 is 0 Å². The van der Waals surface area contributed by atoms with Crippen LogP contribution in [0.25, 0.3) is 6.08 Å². The molecule has 6 heterocycles. The second kappa shape index (κ2) is 25.8. The zero-order valence-corrected chi connectivity index (χ0v) is 40.7. The van der Waals surface area contributed by atoms with E-state index in [0.29, 0.717) is 12.0 Å². The van der Waals surface area contributed by atoms with Crippen molar-refractivity contribution in [2.45, 2.75) is 176 Å². The van der Waals surface area contributed by atoms with Gasteiger partial charge in [-0.1, -0.05) is 75.5 Å². The van der Waals surface area contributed by atoms with Gasteiger partial charge in [-0.2, -0.15) is 15.2 Å². The second-order valence-electron chi connectivity index (χ2n) is 18.9. The van der Waals surface area contributed by atoms with Gasteiger partial charge in [-0.3, -0.25) is 0 Å². The zero-order chi connectivity index (χ0) is 50.8. The number of aliphatic hydroxyl groups excluding tert-OH is 12. The highest BCUT2D eigenvalue weighted by molar-refractivity contribution is 6.92. The third-order valence-corrected chi connectivity index (χ3v) is 13.2. The van der Waals surface area contributed by atoms with Gasteiger partial charge >= 0.3 is 0 Å². The van der Waals surface area contributed by atoms with Crippen molar-refractivity contribution >= 4 is 16.0 Å². The Balaban J connectivity index is 0.000000264. The molecule has 2 aromatic rings.